The molecule has 0 aliphatic heterocycles. The number of nitrogens with one attached hydrogen (secondary N) is 1. The summed E-state index contributed by atoms with van der Waals surface area (Å²) >= 11 is 0. The van der Waals surface area contributed by atoms with Gasteiger partial charge in [0.05, 0.1) is 7.11 Å². The van der Waals surface area contributed by atoms with Crippen LogP contribution in [0.4, 0.5) is 4.79 Å². The first kappa shape index (κ1) is 19.2. The first-order valence-electron chi connectivity index (χ1n) is 8.20. The van der Waals surface area contributed by atoms with Crippen LogP contribution in [0.5, 0.6) is 0 Å². The van der Waals surface area contributed by atoms with Crippen molar-refractivity contribution in [3.05, 3.63) is 35.4 Å². The van der Waals surface area contributed by atoms with E-state index >= 15 is 0 Å². The van der Waals surface area contributed by atoms with Crippen LogP contribution in [-0.4, -0.2) is 25.7 Å². The lowest BCUT2D eigenvalue weighted by Gasteiger charge is -2.20. The highest BCUT2D eigenvalue weighted by Gasteiger charge is 2.21. The highest BCUT2D eigenvalue weighted by molar-refractivity contribution is 5.92. The van der Waals surface area contributed by atoms with Crippen molar-refractivity contribution >= 4 is 12.0 Å². The molecule has 2 atom stereocenters. The van der Waals surface area contributed by atoms with Crippen molar-refractivity contribution in [2.45, 2.75) is 46.1 Å². The van der Waals surface area contributed by atoms with E-state index in [-0.39, 0.29) is 18.5 Å². The van der Waals surface area contributed by atoms with Crippen molar-refractivity contribution in [2.24, 2.45) is 5.92 Å². The fraction of sp³-hybridized carbons (Fsp3) is 0.556. The van der Waals surface area contributed by atoms with Gasteiger partial charge >= 0.3 is 6.09 Å². The van der Waals surface area contributed by atoms with Gasteiger partial charge in [0.25, 0.3) is 5.91 Å². The number of alkyl carbamates (subject to hydrolysis) is 1. The summed E-state index contributed by atoms with van der Waals surface area (Å²) in [6, 6.07) is 8.79. The lowest BCUT2D eigenvalue weighted by molar-refractivity contribution is -0.692. The summed E-state index contributed by atoms with van der Waals surface area (Å²) < 4.78 is 4.42. The molecule has 1 aromatic rings. The molecule has 5 heteroatoms. The van der Waals surface area contributed by atoms with Crippen molar-refractivity contribution in [3.8, 4) is 0 Å². The van der Waals surface area contributed by atoms with Crippen molar-refractivity contribution in [2.75, 3.05) is 13.7 Å². The standard InChI is InChI=1S/C18H28N2O3/c1-6-13(4)14-7-9-15(10-8-14)17(12(2)3)19-11-16(21)20-18(22)23-5/h7-10,12-13,17,19H,6,11H2,1-5H3,(H,20,21,22)/p+1/t13-,17-/m1/s1. The lowest BCUT2D eigenvalue weighted by atomic mass is 9.92. The molecule has 128 valence electrons. The summed E-state index contributed by atoms with van der Waals surface area (Å²) in [5.74, 6) is 0.575. The first-order valence-corrected chi connectivity index (χ1v) is 8.20. The molecular formula is C18H29N2O3+. The molecule has 0 saturated heterocycles. The van der Waals surface area contributed by atoms with Crippen LogP contribution in [0.3, 0.4) is 0 Å². The number of imide groups is 1. The fourth-order valence-corrected chi connectivity index (χ4v) is 2.53. The van der Waals surface area contributed by atoms with Crippen LogP contribution in [0.15, 0.2) is 24.3 Å². The molecule has 0 aliphatic carbocycles. The van der Waals surface area contributed by atoms with Crippen LogP contribution >= 0.6 is 0 Å². The summed E-state index contributed by atoms with van der Waals surface area (Å²) in [6.07, 6.45) is 0.398. The predicted octanol–water partition coefficient (Wildman–Crippen LogP) is 2.34. The van der Waals surface area contributed by atoms with E-state index < -0.39 is 6.09 Å². The number of hydrogen-bond acceptors (Lipinski definition) is 3. The number of hydrogen-bond donors (Lipinski definition) is 2. The molecule has 3 N–H and O–H groups in total. The number of ether oxygens (including phenoxy) is 1. The average Bonchev–Trinajstić information content (AvgIpc) is 2.54. The van der Waals surface area contributed by atoms with Crippen LogP contribution in [-0.2, 0) is 9.53 Å². The third kappa shape index (κ3) is 6.02. The number of benzene rings is 1. The molecule has 0 bridgehead atoms. The largest absolute Gasteiger partial charge is 0.453 e. The summed E-state index contributed by atoms with van der Waals surface area (Å²) in [4.78, 5) is 22.7. The number of carbonyl (C=O) groups is 2. The zero-order valence-electron chi connectivity index (χ0n) is 14.8. The molecule has 0 fully saturated rings. The highest BCUT2D eigenvalue weighted by Crippen LogP contribution is 2.22. The van der Waals surface area contributed by atoms with Gasteiger partial charge in [0.1, 0.15) is 6.04 Å². The molecule has 5 nitrogen and oxygen atoms in total. The van der Waals surface area contributed by atoms with E-state index in [1.807, 2.05) is 5.32 Å². The van der Waals surface area contributed by atoms with Gasteiger partial charge < -0.3 is 10.1 Å². The van der Waals surface area contributed by atoms with Gasteiger partial charge in [0.2, 0.25) is 0 Å². The summed E-state index contributed by atoms with van der Waals surface area (Å²) in [6.45, 7) is 8.84. The molecule has 0 heterocycles. The van der Waals surface area contributed by atoms with Crippen molar-refractivity contribution in [1.29, 1.82) is 0 Å². The zero-order valence-corrected chi connectivity index (χ0v) is 14.8. The zero-order chi connectivity index (χ0) is 17.4. The van der Waals surface area contributed by atoms with E-state index in [0.717, 1.165) is 6.42 Å². The minimum Gasteiger partial charge on any atom is -0.453 e. The Labute approximate surface area is 138 Å². The van der Waals surface area contributed by atoms with Crippen LogP contribution in [0.1, 0.15) is 57.2 Å². The minimum absolute atomic E-state index is 0.171. The quantitative estimate of drug-likeness (QED) is 0.809. The van der Waals surface area contributed by atoms with E-state index in [0.29, 0.717) is 11.8 Å². The van der Waals surface area contributed by atoms with E-state index in [4.69, 9.17) is 0 Å². The smallest absolute Gasteiger partial charge is 0.413 e. The number of nitrogens with two attached hydrogens (primary N) is 1. The van der Waals surface area contributed by atoms with Crippen molar-refractivity contribution < 1.29 is 19.6 Å². The Hall–Kier alpha value is -1.88. The fourth-order valence-electron chi connectivity index (χ4n) is 2.53. The van der Waals surface area contributed by atoms with Gasteiger partial charge in [-0.05, 0) is 17.9 Å². The molecule has 0 unspecified atom stereocenters. The summed E-state index contributed by atoms with van der Waals surface area (Å²) in [7, 11) is 1.24. The second-order valence-electron chi connectivity index (χ2n) is 6.23. The monoisotopic (exact) mass is 321 g/mol. The SMILES string of the molecule is CC[C@@H](C)c1ccc([C@H]([NH2+]CC(=O)NC(=O)OC)C(C)C)cc1. The topological polar surface area (TPSA) is 72.0 Å². The average molecular weight is 321 g/mol. The highest BCUT2D eigenvalue weighted by atomic mass is 16.5. The number of carbonyl (C=O) groups excluding carboxylic acids is 2. The molecule has 0 saturated carbocycles. The maximum Gasteiger partial charge on any atom is 0.413 e. The summed E-state index contributed by atoms with van der Waals surface area (Å²) in [5.41, 5.74) is 2.53. The van der Waals surface area contributed by atoms with Crippen LogP contribution in [0, 0.1) is 5.92 Å². The molecule has 1 rings (SSSR count). The number of amides is 2. The van der Waals surface area contributed by atoms with Gasteiger partial charge in [-0.25, -0.2) is 4.79 Å². The van der Waals surface area contributed by atoms with Gasteiger partial charge in [-0.1, -0.05) is 52.0 Å². The lowest BCUT2D eigenvalue weighted by Crippen LogP contribution is -2.88. The van der Waals surface area contributed by atoms with Gasteiger partial charge in [-0.2, -0.15) is 0 Å². The normalized spacial score (nSPS) is 13.5. The Morgan fingerprint density at radius 3 is 2.17 bits per heavy atom. The van der Waals surface area contributed by atoms with E-state index in [2.05, 4.69) is 62.0 Å². The van der Waals surface area contributed by atoms with Gasteiger partial charge in [-0.15, -0.1) is 0 Å². The minimum atomic E-state index is -0.720. The van der Waals surface area contributed by atoms with Crippen LogP contribution < -0.4 is 10.6 Å². The molecular weight excluding hydrogens is 292 g/mol. The molecule has 0 aliphatic rings. The third-order valence-electron chi connectivity index (χ3n) is 4.21. The van der Waals surface area contributed by atoms with Crippen molar-refractivity contribution in [3.63, 3.8) is 0 Å². The molecule has 2 amide bonds. The molecule has 23 heavy (non-hydrogen) atoms. The Bertz CT molecular complexity index is 512. The molecule has 0 radical (unpaired) electrons. The van der Waals surface area contributed by atoms with Gasteiger partial charge in [-0.3, -0.25) is 10.1 Å². The van der Waals surface area contributed by atoms with E-state index in [9.17, 15) is 9.59 Å². The molecule has 1 aromatic carbocycles. The van der Waals surface area contributed by atoms with Gasteiger partial charge in [0.15, 0.2) is 6.54 Å². The second-order valence-corrected chi connectivity index (χ2v) is 6.23. The maximum absolute atomic E-state index is 11.7. The number of rotatable bonds is 7. The van der Waals surface area contributed by atoms with E-state index in [1.54, 1.807) is 0 Å². The third-order valence-corrected chi connectivity index (χ3v) is 4.21. The van der Waals surface area contributed by atoms with Crippen molar-refractivity contribution in [1.82, 2.24) is 5.32 Å². The predicted molar refractivity (Wildman–Crippen MR) is 90.1 cm³/mol. The molecule has 0 aromatic heterocycles. The number of methoxy groups -OCH3 is 1. The van der Waals surface area contributed by atoms with Crippen LogP contribution in [0.2, 0.25) is 0 Å². The Morgan fingerprint density at radius 2 is 1.70 bits per heavy atom. The van der Waals surface area contributed by atoms with Gasteiger partial charge in [0, 0.05) is 11.5 Å². The Morgan fingerprint density at radius 1 is 1.13 bits per heavy atom. The maximum atomic E-state index is 11.7. The summed E-state index contributed by atoms with van der Waals surface area (Å²) in [5, 5.41) is 4.14. The first-order chi connectivity index (χ1) is 10.9. The number of quaternary nitrogens is 1. The Kier molecular flexibility index (Phi) is 7.75. The second kappa shape index (κ2) is 9.30. The Balaban J connectivity index is 2.71. The van der Waals surface area contributed by atoms with Crippen LogP contribution in [0.25, 0.3) is 0 Å². The van der Waals surface area contributed by atoms with E-state index in [1.165, 1.54) is 18.2 Å². The molecule has 0 spiro atoms.